The summed E-state index contributed by atoms with van der Waals surface area (Å²) in [5.74, 6) is 0.00746. The normalized spacial score (nSPS) is 17.1. The number of benzene rings is 1. The standard InChI is InChI=1S/C12H15BrFNO2/c1-17-12-9(16)6-8(13)11(14)10(12)7-2-4-15-5-3-7/h6-7,15-16H,2-5H2,1H3. The Hall–Kier alpha value is -0.810. The zero-order valence-corrected chi connectivity index (χ0v) is 11.2. The van der Waals surface area contributed by atoms with Crippen molar-refractivity contribution in [2.75, 3.05) is 20.2 Å². The molecule has 5 heteroatoms. The molecule has 0 saturated carbocycles. The highest BCUT2D eigenvalue weighted by Crippen LogP contribution is 2.43. The number of ether oxygens (including phenoxy) is 1. The Labute approximate surface area is 108 Å². The van der Waals surface area contributed by atoms with Gasteiger partial charge < -0.3 is 15.2 Å². The Morgan fingerprint density at radius 1 is 1.47 bits per heavy atom. The molecule has 0 unspecified atom stereocenters. The average Bonchev–Trinajstić information content (AvgIpc) is 2.34. The number of hydrogen-bond donors (Lipinski definition) is 2. The molecule has 1 aromatic carbocycles. The summed E-state index contributed by atoms with van der Waals surface area (Å²) in [4.78, 5) is 0. The van der Waals surface area contributed by atoms with Gasteiger partial charge in [0.25, 0.3) is 0 Å². The maximum Gasteiger partial charge on any atom is 0.166 e. The Bertz CT molecular complexity index is 419. The molecule has 0 bridgehead atoms. The molecule has 1 aromatic rings. The van der Waals surface area contributed by atoms with Crippen molar-refractivity contribution in [3.63, 3.8) is 0 Å². The van der Waals surface area contributed by atoms with E-state index >= 15 is 0 Å². The summed E-state index contributed by atoms with van der Waals surface area (Å²) < 4.78 is 19.6. The monoisotopic (exact) mass is 303 g/mol. The molecule has 0 atom stereocenters. The molecule has 0 spiro atoms. The molecule has 94 valence electrons. The van der Waals surface area contributed by atoms with Gasteiger partial charge in [0, 0.05) is 11.6 Å². The van der Waals surface area contributed by atoms with Gasteiger partial charge in [-0.05, 0) is 47.8 Å². The molecule has 1 aliphatic heterocycles. The maximum absolute atomic E-state index is 14.2. The number of piperidine rings is 1. The van der Waals surface area contributed by atoms with E-state index in [0.717, 1.165) is 25.9 Å². The van der Waals surface area contributed by atoms with Crippen molar-refractivity contribution in [2.45, 2.75) is 18.8 Å². The number of aromatic hydroxyl groups is 1. The second-order valence-corrected chi connectivity index (χ2v) is 5.02. The van der Waals surface area contributed by atoms with Crippen LogP contribution in [-0.4, -0.2) is 25.3 Å². The zero-order valence-electron chi connectivity index (χ0n) is 9.59. The number of hydrogen-bond acceptors (Lipinski definition) is 3. The van der Waals surface area contributed by atoms with Gasteiger partial charge in [-0.1, -0.05) is 0 Å². The van der Waals surface area contributed by atoms with Crippen molar-refractivity contribution < 1.29 is 14.2 Å². The van der Waals surface area contributed by atoms with E-state index < -0.39 is 0 Å². The summed E-state index contributed by atoms with van der Waals surface area (Å²) in [6.45, 7) is 1.72. The van der Waals surface area contributed by atoms with Crippen LogP contribution in [0.4, 0.5) is 4.39 Å². The molecule has 1 fully saturated rings. The van der Waals surface area contributed by atoms with Gasteiger partial charge in [0.15, 0.2) is 11.5 Å². The molecule has 1 saturated heterocycles. The van der Waals surface area contributed by atoms with Gasteiger partial charge in [0.1, 0.15) is 5.82 Å². The fourth-order valence-corrected chi connectivity index (χ4v) is 2.74. The highest BCUT2D eigenvalue weighted by molar-refractivity contribution is 9.10. The van der Waals surface area contributed by atoms with Crippen molar-refractivity contribution in [2.24, 2.45) is 0 Å². The number of phenolic OH excluding ortho intramolecular Hbond substituents is 1. The number of phenols is 1. The second kappa shape index (κ2) is 5.23. The summed E-state index contributed by atoms with van der Waals surface area (Å²) in [5, 5.41) is 13.0. The molecule has 0 aromatic heterocycles. The summed E-state index contributed by atoms with van der Waals surface area (Å²) >= 11 is 3.12. The van der Waals surface area contributed by atoms with E-state index in [-0.39, 0.29) is 27.7 Å². The highest BCUT2D eigenvalue weighted by Gasteiger charge is 2.26. The van der Waals surface area contributed by atoms with Crippen molar-refractivity contribution in [1.82, 2.24) is 5.32 Å². The number of methoxy groups -OCH3 is 1. The first-order valence-electron chi connectivity index (χ1n) is 5.60. The van der Waals surface area contributed by atoms with Crippen LogP contribution in [0.5, 0.6) is 11.5 Å². The number of nitrogens with one attached hydrogen (secondary N) is 1. The smallest absolute Gasteiger partial charge is 0.166 e. The summed E-state index contributed by atoms with van der Waals surface area (Å²) in [6, 6.07) is 1.33. The third-order valence-electron chi connectivity index (χ3n) is 3.14. The number of halogens is 2. The molecule has 3 nitrogen and oxygen atoms in total. The molecule has 1 heterocycles. The lowest BCUT2D eigenvalue weighted by Crippen LogP contribution is -2.27. The van der Waals surface area contributed by atoms with Crippen LogP contribution < -0.4 is 10.1 Å². The molecule has 2 rings (SSSR count). The van der Waals surface area contributed by atoms with E-state index in [4.69, 9.17) is 4.74 Å². The lowest BCUT2D eigenvalue weighted by molar-refractivity contribution is 0.350. The van der Waals surface area contributed by atoms with E-state index in [9.17, 15) is 9.50 Å². The van der Waals surface area contributed by atoms with E-state index in [1.54, 1.807) is 0 Å². The maximum atomic E-state index is 14.2. The Morgan fingerprint density at radius 2 is 2.12 bits per heavy atom. The Kier molecular flexibility index (Phi) is 3.89. The second-order valence-electron chi connectivity index (χ2n) is 4.16. The third kappa shape index (κ3) is 2.40. The van der Waals surface area contributed by atoms with E-state index in [0.29, 0.717) is 5.56 Å². The molecular weight excluding hydrogens is 289 g/mol. The van der Waals surface area contributed by atoms with Crippen LogP contribution in [0.15, 0.2) is 10.5 Å². The van der Waals surface area contributed by atoms with Crippen LogP contribution in [0.25, 0.3) is 0 Å². The molecule has 0 aliphatic carbocycles. The van der Waals surface area contributed by atoms with Gasteiger partial charge in [0.05, 0.1) is 11.6 Å². The lowest BCUT2D eigenvalue weighted by Gasteiger charge is -2.25. The quantitative estimate of drug-likeness (QED) is 0.883. The third-order valence-corrected chi connectivity index (χ3v) is 3.72. The van der Waals surface area contributed by atoms with Crippen LogP contribution in [-0.2, 0) is 0 Å². The topological polar surface area (TPSA) is 41.5 Å². The summed E-state index contributed by atoms with van der Waals surface area (Å²) in [6.07, 6.45) is 1.70. The average molecular weight is 304 g/mol. The van der Waals surface area contributed by atoms with Crippen molar-refractivity contribution in [3.05, 3.63) is 21.9 Å². The first-order chi connectivity index (χ1) is 8.15. The highest BCUT2D eigenvalue weighted by atomic mass is 79.9. The predicted octanol–water partition coefficient (Wildman–Crippen LogP) is 2.77. The van der Waals surface area contributed by atoms with Crippen LogP contribution in [0, 0.1) is 5.82 Å². The van der Waals surface area contributed by atoms with Crippen LogP contribution in [0.2, 0.25) is 0 Å². The fraction of sp³-hybridized carbons (Fsp3) is 0.500. The van der Waals surface area contributed by atoms with E-state index in [1.165, 1.54) is 13.2 Å². The van der Waals surface area contributed by atoms with Gasteiger partial charge in [-0.15, -0.1) is 0 Å². The van der Waals surface area contributed by atoms with Crippen LogP contribution in [0.1, 0.15) is 24.3 Å². The van der Waals surface area contributed by atoms with Crippen molar-refractivity contribution in [1.29, 1.82) is 0 Å². The molecule has 0 amide bonds. The van der Waals surface area contributed by atoms with Crippen LogP contribution >= 0.6 is 15.9 Å². The van der Waals surface area contributed by atoms with Crippen molar-refractivity contribution in [3.8, 4) is 11.5 Å². The molecule has 0 radical (unpaired) electrons. The van der Waals surface area contributed by atoms with E-state index in [1.807, 2.05) is 0 Å². The largest absolute Gasteiger partial charge is 0.504 e. The first-order valence-corrected chi connectivity index (χ1v) is 6.40. The van der Waals surface area contributed by atoms with Crippen molar-refractivity contribution >= 4 is 15.9 Å². The lowest BCUT2D eigenvalue weighted by atomic mass is 9.89. The zero-order chi connectivity index (χ0) is 12.4. The molecular formula is C12H15BrFNO2. The minimum atomic E-state index is -0.327. The van der Waals surface area contributed by atoms with Crippen LogP contribution in [0.3, 0.4) is 0 Å². The minimum absolute atomic E-state index is 0.0192. The Balaban J connectivity index is 2.48. The fourth-order valence-electron chi connectivity index (χ4n) is 2.30. The van der Waals surface area contributed by atoms with Gasteiger partial charge in [-0.25, -0.2) is 4.39 Å². The van der Waals surface area contributed by atoms with Gasteiger partial charge in [-0.2, -0.15) is 0 Å². The SMILES string of the molecule is COc1c(O)cc(Br)c(F)c1C1CCNCC1. The van der Waals surface area contributed by atoms with E-state index in [2.05, 4.69) is 21.2 Å². The Morgan fingerprint density at radius 3 is 2.71 bits per heavy atom. The van der Waals surface area contributed by atoms with Gasteiger partial charge in [-0.3, -0.25) is 0 Å². The van der Waals surface area contributed by atoms with Gasteiger partial charge >= 0.3 is 0 Å². The summed E-state index contributed by atoms with van der Waals surface area (Å²) in [7, 11) is 1.45. The van der Waals surface area contributed by atoms with Gasteiger partial charge in [0.2, 0.25) is 0 Å². The molecule has 2 N–H and O–H groups in total. The number of rotatable bonds is 2. The minimum Gasteiger partial charge on any atom is -0.504 e. The first kappa shape index (κ1) is 12.6. The molecule has 17 heavy (non-hydrogen) atoms. The molecule has 1 aliphatic rings. The summed E-state index contributed by atoms with van der Waals surface area (Å²) in [5.41, 5.74) is 0.487. The predicted molar refractivity (Wildman–Crippen MR) is 67.2 cm³/mol.